The molecule has 3 rings (SSSR count). The van der Waals surface area contributed by atoms with Crippen LogP contribution in [0.15, 0.2) is 36.4 Å². The van der Waals surface area contributed by atoms with E-state index < -0.39 is 0 Å². The summed E-state index contributed by atoms with van der Waals surface area (Å²) < 4.78 is 0. The average molecular weight is 332 g/mol. The highest BCUT2D eigenvalue weighted by molar-refractivity contribution is 6.35. The van der Waals surface area contributed by atoms with E-state index in [2.05, 4.69) is 31.0 Å². The fourth-order valence-electron chi connectivity index (χ4n) is 2.61. The molecule has 112 valence electrons. The molecule has 0 unspecified atom stereocenters. The van der Waals surface area contributed by atoms with Crippen molar-refractivity contribution in [2.24, 2.45) is 0 Å². The van der Waals surface area contributed by atoms with E-state index in [-0.39, 0.29) is 0 Å². The van der Waals surface area contributed by atoms with Gasteiger partial charge < -0.3 is 4.98 Å². The molecule has 0 saturated heterocycles. The molecule has 0 aliphatic carbocycles. The summed E-state index contributed by atoms with van der Waals surface area (Å²) >= 11 is 12.3. The second-order valence-electron chi connectivity index (χ2n) is 5.62. The molecular weight excluding hydrogens is 317 g/mol. The summed E-state index contributed by atoms with van der Waals surface area (Å²) in [5.41, 5.74) is 4.16. The number of aromatic amines is 1. The Bertz CT molecular complexity index is 865. The molecule has 2 aromatic carbocycles. The first-order chi connectivity index (χ1) is 10.5. The van der Waals surface area contributed by atoms with Crippen molar-refractivity contribution >= 4 is 40.4 Å². The van der Waals surface area contributed by atoms with Crippen LogP contribution in [0.5, 0.6) is 0 Å². The molecule has 0 atom stereocenters. The summed E-state index contributed by atoms with van der Waals surface area (Å²) in [6, 6.07) is 11.4. The summed E-state index contributed by atoms with van der Waals surface area (Å²) in [4.78, 5) is 14.9. The van der Waals surface area contributed by atoms with E-state index in [0.717, 1.165) is 22.8 Å². The third kappa shape index (κ3) is 2.53. The number of carbonyl (C=O) groups excluding carboxylic acids is 1. The van der Waals surface area contributed by atoms with Gasteiger partial charge in [0.2, 0.25) is 0 Å². The second kappa shape index (κ2) is 5.79. The largest absolute Gasteiger partial charge is 0.354 e. The molecular formula is C18H15Cl2NO. The molecule has 0 spiro atoms. The van der Waals surface area contributed by atoms with Crippen molar-refractivity contribution in [3.63, 3.8) is 0 Å². The smallest absolute Gasteiger partial charge is 0.152 e. The molecule has 0 saturated carbocycles. The topological polar surface area (TPSA) is 32.9 Å². The summed E-state index contributed by atoms with van der Waals surface area (Å²) in [5.74, 6) is 0.400. The Balaban J connectivity index is 2.30. The average Bonchev–Trinajstić information content (AvgIpc) is 2.86. The molecule has 0 amide bonds. The van der Waals surface area contributed by atoms with E-state index in [1.54, 1.807) is 18.2 Å². The lowest BCUT2D eigenvalue weighted by atomic mass is 9.99. The zero-order valence-corrected chi connectivity index (χ0v) is 13.8. The first kappa shape index (κ1) is 15.1. The van der Waals surface area contributed by atoms with Gasteiger partial charge in [-0.25, -0.2) is 0 Å². The van der Waals surface area contributed by atoms with E-state index in [0.29, 0.717) is 27.2 Å². The number of aromatic nitrogens is 1. The van der Waals surface area contributed by atoms with Crippen LogP contribution in [0.3, 0.4) is 0 Å². The Morgan fingerprint density at radius 2 is 1.86 bits per heavy atom. The normalized spacial score (nSPS) is 11.3. The van der Waals surface area contributed by atoms with E-state index in [1.807, 2.05) is 6.07 Å². The number of H-pyrrole nitrogens is 1. The van der Waals surface area contributed by atoms with E-state index in [9.17, 15) is 4.79 Å². The fourth-order valence-corrected chi connectivity index (χ4v) is 3.00. The van der Waals surface area contributed by atoms with Crippen LogP contribution in [0, 0.1) is 0 Å². The van der Waals surface area contributed by atoms with Gasteiger partial charge in [0.05, 0.1) is 10.7 Å². The van der Waals surface area contributed by atoms with E-state index in [4.69, 9.17) is 23.2 Å². The van der Waals surface area contributed by atoms with Crippen molar-refractivity contribution in [3.05, 3.63) is 57.6 Å². The van der Waals surface area contributed by atoms with Crippen molar-refractivity contribution in [1.29, 1.82) is 0 Å². The number of halogens is 2. The quantitative estimate of drug-likeness (QED) is 0.580. The number of nitrogens with one attached hydrogen (secondary N) is 1. The third-order valence-electron chi connectivity index (χ3n) is 3.85. The van der Waals surface area contributed by atoms with Crippen LogP contribution in [0.2, 0.25) is 10.0 Å². The third-order valence-corrected chi connectivity index (χ3v) is 4.41. The molecule has 1 aromatic heterocycles. The number of rotatable bonds is 3. The lowest BCUT2D eigenvalue weighted by Crippen LogP contribution is -1.88. The maximum absolute atomic E-state index is 11.7. The molecule has 4 heteroatoms. The first-order valence-electron chi connectivity index (χ1n) is 7.07. The Labute approximate surface area is 139 Å². The highest BCUT2D eigenvalue weighted by Gasteiger charge is 2.16. The maximum atomic E-state index is 11.7. The Morgan fingerprint density at radius 1 is 1.09 bits per heavy atom. The predicted molar refractivity (Wildman–Crippen MR) is 93.2 cm³/mol. The van der Waals surface area contributed by atoms with Crippen LogP contribution in [0.25, 0.3) is 22.2 Å². The number of hydrogen-bond donors (Lipinski definition) is 1. The molecule has 1 N–H and O–H groups in total. The van der Waals surface area contributed by atoms with E-state index >= 15 is 0 Å². The minimum absolute atomic E-state index is 0.400. The standard InChI is InChI=1S/C18H15Cl2NO/c1-10(2)11-3-6-17-13(7-11)15(9-22)18(21-17)14-8-12(19)4-5-16(14)20/h3-10,21H,1-2H3. The van der Waals surface area contributed by atoms with Crippen molar-refractivity contribution < 1.29 is 4.79 Å². The highest BCUT2D eigenvalue weighted by Crippen LogP contribution is 2.36. The monoisotopic (exact) mass is 331 g/mol. The summed E-state index contributed by atoms with van der Waals surface area (Å²) in [7, 11) is 0. The van der Waals surface area contributed by atoms with E-state index in [1.165, 1.54) is 5.56 Å². The number of hydrogen-bond acceptors (Lipinski definition) is 1. The Hall–Kier alpha value is -1.77. The van der Waals surface area contributed by atoms with Crippen LogP contribution in [-0.2, 0) is 0 Å². The zero-order chi connectivity index (χ0) is 15.9. The minimum Gasteiger partial charge on any atom is -0.354 e. The van der Waals surface area contributed by atoms with Crippen LogP contribution in [0.1, 0.15) is 35.7 Å². The van der Waals surface area contributed by atoms with Gasteiger partial charge in [0.1, 0.15) is 0 Å². The lowest BCUT2D eigenvalue weighted by Gasteiger charge is -2.05. The molecule has 2 nitrogen and oxygen atoms in total. The van der Waals surface area contributed by atoms with Crippen molar-refractivity contribution in [3.8, 4) is 11.3 Å². The molecule has 0 bridgehead atoms. The Morgan fingerprint density at radius 3 is 2.55 bits per heavy atom. The van der Waals surface area contributed by atoms with Crippen LogP contribution < -0.4 is 0 Å². The zero-order valence-electron chi connectivity index (χ0n) is 12.3. The Kier molecular flexibility index (Phi) is 3.98. The van der Waals surface area contributed by atoms with Crippen molar-refractivity contribution in [2.75, 3.05) is 0 Å². The predicted octanol–water partition coefficient (Wildman–Crippen LogP) is 6.08. The summed E-state index contributed by atoms with van der Waals surface area (Å²) in [6.45, 7) is 4.26. The van der Waals surface area contributed by atoms with Gasteiger partial charge in [0.15, 0.2) is 6.29 Å². The first-order valence-corrected chi connectivity index (χ1v) is 7.83. The highest BCUT2D eigenvalue weighted by atomic mass is 35.5. The van der Waals surface area contributed by atoms with Crippen LogP contribution >= 0.6 is 23.2 Å². The number of aldehydes is 1. The molecule has 0 fully saturated rings. The van der Waals surface area contributed by atoms with Crippen LogP contribution in [-0.4, -0.2) is 11.3 Å². The van der Waals surface area contributed by atoms with Crippen molar-refractivity contribution in [1.82, 2.24) is 4.98 Å². The van der Waals surface area contributed by atoms with Gasteiger partial charge in [-0.2, -0.15) is 0 Å². The molecule has 0 aliphatic rings. The van der Waals surface area contributed by atoms with Gasteiger partial charge in [0.25, 0.3) is 0 Å². The molecule has 0 aliphatic heterocycles. The van der Waals surface area contributed by atoms with Gasteiger partial charge in [0, 0.05) is 27.1 Å². The number of fused-ring (bicyclic) bond motifs is 1. The van der Waals surface area contributed by atoms with Gasteiger partial charge >= 0.3 is 0 Å². The SMILES string of the molecule is CC(C)c1ccc2[nH]c(-c3cc(Cl)ccc3Cl)c(C=O)c2c1. The van der Waals surface area contributed by atoms with Crippen molar-refractivity contribution in [2.45, 2.75) is 19.8 Å². The lowest BCUT2D eigenvalue weighted by molar-refractivity contribution is 0.112. The minimum atomic E-state index is 0.400. The molecule has 1 heterocycles. The molecule has 3 aromatic rings. The molecule has 0 radical (unpaired) electrons. The molecule has 22 heavy (non-hydrogen) atoms. The fraction of sp³-hybridized carbons (Fsp3) is 0.167. The van der Waals surface area contributed by atoms with Gasteiger partial charge in [-0.3, -0.25) is 4.79 Å². The second-order valence-corrected chi connectivity index (χ2v) is 6.46. The summed E-state index contributed by atoms with van der Waals surface area (Å²) in [5, 5.41) is 2.05. The van der Waals surface area contributed by atoms with Gasteiger partial charge in [-0.1, -0.05) is 43.1 Å². The van der Waals surface area contributed by atoms with Gasteiger partial charge in [-0.15, -0.1) is 0 Å². The number of carbonyl (C=O) groups is 1. The van der Waals surface area contributed by atoms with Crippen LogP contribution in [0.4, 0.5) is 0 Å². The number of benzene rings is 2. The summed E-state index contributed by atoms with van der Waals surface area (Å²) in [6.07, 6.45) is 0.871. The maximum Gasteiger partial charge on any atom is 0.152 e. The van der Waals surface area contributed by atoms with Gasteiger partial charge in [-0.05, 0) is 41.8 Å².